The summed E-state index contributed by atoms with van der Waals surface area (Å²) in [5.41, 5.74) is 6.94. The van der Waals surface area contributed by atoms with Gasteiger partial charge in [-0.1, -0.05) is 111 Å². The van der Waals surface area contributed by atoms with E-state index in [1.54, 1.807) is 55.6 Å². The number of hydrogen-bond acceptors (Lipinski definition) is 18. The molecule has 105 heavy (non-hydrogen) atoms. The van der Waals surface area contributed by atoms with Crippen molar-refractivity contribution in [3.63, 3.8) is 0 Å². The third-order valence-corrected chi connectivity index (χ3v) is 22.4. The number of rotatable bonds is 42. The van der Waals surface area contributed by atoms with Crippen molar-refractivity contribution < 1.29 is 72.1 Å². The zero-order valence-electron chi connectivity index (χ0n) is 64.1. The zero-order valence-corrected chi connectivity index (χ0v) is 64.9. The van der Waals surface area contributed by atoms with E-state index in [9.17, 15) is 57.8 Å². The first-order chi connectivity index (χ1) is 49.9. The van der Waals surface area contributed by atoms with Crippen molar-refractivity contribution in [3.8, 4) is 0 Å². The lowest BCUT2D eigenvalue weighted by atomic mass is 9.80. The number of amides is 10. The van der Waals surface area contributed by atoms with Gasteiger partial charge in [-0.15, -0.1) is 11.3 Å². The zero-order chi connectivity index (χ0) is 77.4. The number of carbonyl (C=O) groups is 12. The number of piperazine rings is 1. The van der Waals surface area contributed by atoms with Crippen molar-refractivity contribution in [2.24, 2.45) is 53.1 Å². The Morgan fingerprint density at radius 2 is 1.44 bits per heavy atom. The number of nitrogens with zero attached hydrogens (tertiary/aromatic N) is 7. The van der Waals surface area contributed by atoms with Gasteiger partial charge in [0.25, 0.3) is 5.91 Å². The van der Waals surface area contributed by atoms with Crippen molar-refractivity contribution in [1.29, 1.82) is 0 Å². The molecule has 3 fully saturated rings. The van der Waals surface area contributed by atoms with Gasteiger partial charge in [0.1, 0.15) is 5.78 Å². The summed E-state index contributed by atoms with van der Waals surface area (Å²) in [5, 5.41) is 22.0. The monoisotopic (exact) mass is 1480 g/mol. The van der Waals surface area contributed by atoms with Gasteiger partial charge in [-0.05, 0) is 93.4 Å². The highest BCUT2D eigenvalue weighted by Gasteiger charge is 2.45. The molecule has 0 spiro atoms. The first-order valence-electron chi connectivity index (χ1n) is 37.6. The average Bonchev–Trinajstić information content (AvgIpc) is 1.70. The molecule has 4 heterocycles. The van der Waals surface area contributed by atoms with Crippen LogP contribution in [0.15, 0.2) is 66.2 Å². The first kappa shape index (κ1) is 85.9. The number of primary amides is 1. The number of aliphatic hydroxyl groups excluding tert-OH is 1. The number of carbonyl (C=O) groups excluding carboxylic acids is 12. The van der Waals surface area contributed by atoms with E-state index in [2.05, 4.69) is 25.8 Å². The molecule has 0 bridgehead atoms. The van der Waals surface area contributed by atoms with Crippen LogP contribution in [-0.2, 0) is 63.8 Å². The molecule has 6 N–H and O–H groups in total. The van der Waals surface area contributed by atoms with Gasteiger partial charge in [0, 0.05) is 171 Å². The van der Waals surface area contributed by atoms with Gasteiger partial charge in [-0.25, -0.2) is 14.6 Å². The fourth-order valence-corrected chi connectivity index (χ4v) is 15.7. The standard InChI is InChI=1S/C78H117N11O15S/c1-14-51(8)71(64(103-13)46-68(97)88-36-21-25-60(88)59(47-90)52(9)61(91)44-56(74-80-34-41-105-74)42-53-22-16-15-17-23-53)85(11)75(99)58(48(2)3)45-63(93)70(50(6)7)86(12)78(102)104-72(76(100)87-39-37-84(10)38-40-87)54-27-29-57(30-28-54)82-73(98)55(24-20-33-81-77(79)101)43-62(92)69(49(4)5)83-65(94)26-18-19-35-89-66(95)31-32-67(89)96/h15-17,22-23,27-30,34,41,48-52,55-56,58-60,64,69-72,90H,14,18-21,24-26,31-33,35-40,42-47H2,1-13H3,(H,82,98)(H,83,94)(H3,79,81,101)/t51-,52+,55+,56+,58-,59+,60-,64+,69-,70-,71-,72?/m0/s1. The van der Waals surface area contributed by atoms with Gasteiger partial charge in [0.15, 0.2) is 11.6 Å². The summed E-state index contributed by atoms with van der Waals surface area (Å²) < 4.78 is 12.4. The highest BCUT2D eigenvalue weighted by molar-refractivity contribution is 7.09. The Kier molecular flexibility index (Phi) is 34.2. The normalized spacial score (nSPS) is 18.1. The molecule has 3 aliphatic heterocycles. The van der Waals surface area contributed by atoms with Crippen LogP contribution in [0.4, 0.5) is 15.3 Å². The number of ketones is 3. The molecule has 0 saturated carbocycles. The van der Waals surface area contributed by atoms with E-state index in [0.29, 0.717) is 71.2 Å². The number of anilines is 1. The Labute approximate surface area is 624 Å². The molecule has 3 saturated heterocycles. The SMILES string of the molecule is CC[C@H](C)[C@@H]([C@@H](CC(=O)N1CCC[C@H]1[C@H](CO)[C@@H](C)C(=O)C[C@@H](Cc1ccccc1)c1nccs1)OC)N(C)C(=O)[C@@H](CC(=O)[C@H](C(C)C)N(C)C(=O)OC(C(=O)N1CCN(C)CC1)c1ccc(NC(=O)[C@H](CCCNC(N)=O)CC(=O)[C@@H](NC(=O)CCCCN2C(=O)CCC2=O)C(C)C)cc1)C(C)C. The lowest BCUT2D eigenvalue weighted by molar-refractivity contribution is -0.148. The Hall–Kier alpha value is -8.01. The smallest absolute Gasteiger partial charge is 0.411 e. The van der Waals surface area contributed by atoms with E-state index >= 15 is 4.79 Å². The van der Waals surface area contributed by atoms with Crippen LogP contribution < -0.4 is 21.7 Å². The van der Waals surface area contributed by atoms with Gasteiger partial charge >= 0.3 is 12.1 Å². The lowest BCUT2D eigenvalue weighted by Gasteiger charge is -2.41. The molecule has 3 aromatic rings. The topological polar surface area (TPSA) is 338 Å². The van der Waals surface area contributed by atoms with Gasteiger partial charge in [0.05, 0.1) is 35.7 Å². The number of ether oxygens (including phenoxy) is 2. The number of thiazole rings is 1. The highest BCUT2D eigenvalue weighted by atomic mass is 32.1. The van der Waals surface area contributed by atoms with E-state index in [1.807, 2.05) is 77.4 Å². The minimum absolute atomic E-state index is 0.0113. The molecule has 0 aliphatic carbocycles. The number of hydrogen-bond donors (Lipinski definition) is 5. The fourth-order valence-electron chi connectivity index (χ4n) is 15.0. The van der Waals surface area contributed by atoms with E-state index in [4.69, 9.17) is 15.2 Å². The third kappa shape index (κ3) is 24.5. The molecular weight excluding hydrogens is 1360 g/mol. The molecule has 10 amide bonds. The highest BCUT2D eigenvalue weighted by Crippen LogP contribution is 2.36. The number of unbranched alkanes of at least 4 members (excludes halogenated alkanes) is 1. The summed E-state index contributed by atoms with van der Waals surface area (Å²) in [6.07, 6.45) is 2.18. The van der Waals surface area contributed by atoms with Crippen molar-refractivity contribution in [2.75, 3.05) is 86.0 Å². The molecule has 26 nitrogen and oxygen atoms in total. The maximum Gasteiger partial charge on any atom is 0.411 e. The minimum atomic E-state index is -1.51. The number of likely N-dealkylation sites (tertiary alicyclic amines) is 2. The second-order valence-electron chi connectivity index (χ2n) is 30.0. The average molecular weight is 1480 g/mol. The van der Waals surface area contributed by atoms with Gasteiger partial charge in [-0.3, -0.25) is 52.8 Å². The Morgan fingerprint density at radius 3 is 2.02 bits per heavy atom. The molecule has 3 aliphatic rings. The first-order valence-corrected chi connectivity index (χ1v) is 38.5. The quantitative estimate of drug-likeness (QED) is 0.0263. The Bertz CT molecular complexity index is 3370. The van der Waals surface area contributed by atoms with E-state index < -0.39 is 107 Å². The number of aromatic nitrogens is 1. The fraction of sp³-hybridized carbons (Fsp3) is 0.654. The van der Waals surface area contributed by atoms with Crippen LogP contribution >= 0.6 is 11.3 Å². The summed E-state index contributed by atoms with van der Waals surface area (Å²) in [4.78, 5) is 180. The second kappa shape index (κ2) is 41.8. The predicted octanol–water partition coefficient (Wildman–Crippen LogP) is 8.20. The summed E-state index contributed by atoms with van der Waals surface area (Å²) in [5.74, 6) is -7.81. The van der Waals surface area contributed by atoms with Gasteiger partial charge < -0.3 is 60.8 Å². The number of imide groups is 1. The maximum absolute atomic E-state index is 15.2. The maximum atomic E-state index is 15.2. The van der Waals surface area contributed by atoms with Gasteiger partial charge in [-0.2, -0.15) is 0 Å². The van der Waals surface area contributed by atoms with Crippen LogP contribution in [0.2, 0.25) is 0 Å². The summed E-state index contributed by atoms with van der Waals surface area (Å²) in [6, 6.07) is 12.2. The van der Waals surface area contributed by atoms with Crippen LogP contribution in [-0.4, -0.2) is 221 Å². The molecule has 27 heteroatoms. The molecule has 6 rings (SSSR count). The van der Waals surface area contributed by atoms with Crippen LogP contribution in [0.5, 0.6) is 0 Å². The lowest BCUT2D eigenvalue weighted by Crippen LogP contribution is -2.54. The number of nitrogens with two attached hydrogens (primary N) is 1. The summed E-state index contributed by atoms with van der Waals surface area (Å²) >= 11 is 1.51. The van der Waals surface area contributed by atoms with Crippen molar-refractivity contribution in [2.45, 2.75) is 201 Å². The Morgan fingerprint density at radius 1 is 0.771 bits per heavy atom. The number of Topliss-reactive ketones (excluding diaryl/α,β-unsaturated/α-hetero) is 3. The third-order valence-electron chi connectivity index (χ3n) is 21.4. The van der Waals surface area contributed by atoms with Crippen molar-refractivity contribution in [1.82, 2.24) is 45.0 Å². The number of urea groups is 1. The molecule has 0 radical (unpaired) electrons. The number of aliphatic hydroxyl groups is 1. The predicted molar refractivity (Wildman–Crippen MR) is 400 cm³/mol. The minimum Gasteiger partial charge on any atom is -0.431 e. The number of nitrogens with one attached hydrogen (secondary N) is 3. The molecule has 580 valence electrons. The summed E-state index contributed by atoms with van der Waals surface area (Å²) in [7, 11) is 6.54. The number of likely N-dealkylation sites (N-methyl/N-ethyl adjacent to an activating group) is 3. The molecule has 1 unspecified atom stereocenters. The van der Waals surface area contributed by atoms with Crippen LogP contribution in [0, 0.1) is 47.3 Å². The molecule has 1 aromatic heterocycles. The van der Waals surface area contributed by atoms with Gasteiger partial charge in [0.2, 0.25) is 41.5 Å². The van der Waals surface area contributed by atoms with E-state index in [-0.39, 0.29) is 142 Å². The largest absolute Gasteiger partial charge is 0.431 e. The Balaban J connectivity index is 1.14. The van der Waals surface area contributed by atoms with Crippen LogP contribution in [0.25, 0.3) is 0 Å². The van der Waals surface area contributed by atoms with Crippen molar-refractivity contribution >= 4 is 87.8 Å². The van der Waals surface area contributed by atoms with Crippen molar-refractivity contribution in [3.05, 3.63) is 82.3 Å². The second-order valence-corrected chi connectivity index (χ2v) is 30.9. The number of methoxy groups -OCH3 is 1. The van der Waals surface area contributed by atoms with Crippen LogP contribution in [0.3, 0.4) is 0 Å². The summed E-state index contributed by atoms with van der Waals surface area (Å²) in [6.45, 7) is 18.8. The number of benzene rings is 2. The van der Waals surface area contributed by atoms with E-state index in [0.717, 1.165) is 10.6 Å². The molecule has 2 aromatic carbocycles. The van der Waals surface area contributed by atoms with E-state index in [1.165, 1.54) is 59.6 Å². The van der Waals surface area contributed by atoms with Crippen LogP contribution in [0.1, 0.15) is 180 Å². The molecular formula is C78H117N11O15S. The molecule has 12 atom stereocenters.